The Morgan fingerprint density at radius 2 is 1.63 bits per heavy atom. The molecule has 7 nitrogen and oxygen atoms in total. The standard InChI is InChI=1S/C19H26BN3O4/c21-13-15-5-9-18(10-6-15)22-19(25)23(11-1-2-12-24)14-16-3-7-17(8-4-16)20(26)27/h3-10,24,26-27H,1-2,11-14,21H2,(H,22,25). The van der Waals surface area contributed by atoms with Gasteiger partial charge in [-0.25, -0.2) is 4.79 Å². The number of nitrogens with one attached hydrogen (secondary N) is 1. The van der Waals surface area contributed by atoms with Crippen LogP contribution in [0.1, 0.15) is 24.0 Å². The summed E-state index contributed by atoms with van der Waals surface area (Å²) < 4.78 is 0. The van der Waals surface area contributed by atoms with Crippen LogP contribution in [0.2, 0.25) is 0 Å². The zero-order valence-corrected chi connectivity index (χ0v) is 15.2. The third-order valence-corrected chi connectivity index (χ3v) is 4.22. The Balaban J connectivity index is 2.05. The summed E-state index contributed by atoms with van der Waals surface area (Å²) in [7, 11) is -1.51. The predicted octanol–water partition coefficient (Wildman–Crippen LogP) is 0.632. The predicted molar refractivity (Wildman–Crippen MR) is 106 cm³/mol. The molecule has 2 rings (SSSR count). The first-order valence-electron chi connectivity index (χ1n) is 8.94. The average Bonchev–Trinajstić information content (AvgIpc) is 2.68. The number of nitrogens with zero attached hydrogens (tertiary/aromatic N) is 1. The summed E-state index contributed by atoms with van der Waals surface area (Å²) in [4.78, 5) is 14.4. The smallest absolute Gasteiger partial charge is 0.423 e. The number of carbonyl (C=O) groups is 1. The summed E-state index contributed by atoms with van der Waals surface area (Å²) in [5, 5.41) is 30.2. The van der Waals surface area contributed by atoms with E-state index in [2.05, 4.69) is 5.32 Å². The number of amides is 2. The van der Waals surface area contributed by atoms with Crippen molar-refractivity contribution in [2.75, 3.05) is 18.5 Å². The van der Waals surface area contributed by atoms with Crippen LogP contribution in [0.25, 0.3) is 0 Å². The van der Waals surface area contributed by atoms with Gasteiger partial charge in [-0.3, -0.25) is 0 Å². The minimum absolute atomic E-state index is 0.0824. The molecule has 0 bridgehead atoms. The van der Waals surface area contributed by atoms with Crippen LogP contribution in [-0.2, 0) is 13.1 Å². The SMILES string of the molecule is NCc1ccc(NC(=O)N(CCCCO)Cc2ccc(B(O)O)cc2)cc1. The van der Waals surface area contributed by atoms with Gasteiger partial charge in [0, 0.05) is 31.9 Å². The third-order valence-electron chi connectivity index (χ3n) is 4.22. The van der Waals surface area contributed by atoms with E-state index in [4.69, 9.17) is 10.8 Å². The first-order chi connectivity index (χ1) is 13.0. The molecule has 0 aliphatic heterocycles. The summed E-state index contributed by atoms with van der Waals surface area (Å²) in [6.07, 6.45) is 1.30. The normalized spacial score (nSPS) is 10.5. The molecular formula is C19H26BN3O4. The zero-order chi connectivity index (χ0) is 19.6. The van der Waals surface area contributed by atoms with E-state index in [1.807, 2.05) is 24.3 Å². The molecule has 8 heteroatoms. The number of rotatable bonds is 9. The van der Waals surface area contributed by atoms with Gasteiger partial charge >= 0.3 is 13.1 Å². The maximum atomic E-state index is 12.7. The highest BCUT2D eigenvalue weighted by Crippen LogP contribution is 2.12. The highest BCUT2D eigenvalue weighted by Gasteiger charge is 2.15. The Morgan fingerprint density at radius 1 is 1.00 bits per heavy atom. The molecule has 0 fully saturated rings. The number of benzene rings is 2. The maximum absolute atomic E-state index is 12.7. The molecular weight excluding hydrogens is 345 g/mol. The van der Waals surface area contributed by atoms with Crippen molar-refractivity contribution in [1.82, 2.24) is 4.90 Å². The second kappa shape index (κ2) is 10.7. The summed E-state index contributed by atoms with van der Waals surface area (Å²) in [6.45, 7) is 1.40. The fourth-order valence-corrected chi connectivity index (χ4v) is 2.61. The minimum atomic E-state index is -1.51. The number of carbonyl (C=O) groups excluding carboxylic acids is 1. The number of anilines is 1. The summed E-state index contributed by atoms with van der Waals surface area (Å²) in [6, 6.07) is 13.9. The third kappa shape index (κ3) is 6.69. The summed E-state index contributed by atoms with van der Waals surface area (Å²) in [5.41, 5.74) is 8.52. The number of aliphatic hydroxyl groups excluding tert-OH is 1. The molecule has 0 spiro atoms. The van der Waals surface area contributed by atoms with E-state index in [0.717, 1.165) is 11.1 Å². The first kappa shape index (κ1) is 20.9. The van der Waals surface area contributed by atoms with Crippen LogP contribution in [0.5, 0.6) is 0 Å². The molecule has 0 atom stereocenters. The number of hydrogen-bond acceptors (Lipinski definition) is 5. The lowest BCUT2D eigenvalue weighted by molar-refractivity contribution is 0.204. The minimum Gasteiger partial charge on any atom is -0.423 e. The molecule has 2 amide bonds. The van der Waals surface area contributed by atoms with E-state index in [0.29, 0.717) is 43.6 Å². The number of hydrogen-bond donors (Lipinski definition) is 5. The molecule has 2 aromatic carbocycles. The Labute approximate surface area is 159 Å². The van der Waals surface area contributed by atoms with Gasteiger partial charge in [-0.05, 0) is 41.6 Å². The fourth-order valence-electron chi connectivity index (χ4n) is 2.61. The van der Waals surface area contributed by atoms with Gasteiger partial charge in [-0.2, -0.15) is 0 Å². The van der Waals surface area contributed by atoms with Gasteiger partial charge in [0.15, 0.2) is 0 Å². The van der Waals surface area contributed by atoms with E-state index in [1.54, 1.807) is 29.2 Å². The van der Waals surface area contributed by atoms with Crippen LogP contribution in [0, 0.1) is 0 Å². The van der Waals surface area contributed by atoms with Crippen molar-refractivity contribution in [3.05, 3.63) is 59.7 Å². The van der Waals surface area contributed by atoms with Crippen LogP contribution < -0.4 is 16.5 Å². The molecule has 6 N–H and O–H groups in total. The molecule has 0 radical (unpaired) electrons. The van der Waals surface area contributed by atoms with Crippen LogP contribution in [0.4, 0.5) is 10.5 Å². The number of unbranched alkanes of at least 4 members (excludes halogenated alkanes) is 1. The highest BCUT2D eigenvalue weighted by atomic mass is 16.4. The Morgan fingerprint density at radius 3 is 2.19 bits per heavy atom. The van der Waals surface area contributed by atoms with Crippen molar-refractivity contribution in [2.45, 2.75) is 25.9 Å². The monoisotopic (exact) mass is 371 g/mol. The number of aliphatic hydroxyl groups is 1. The van der Waals surface area contributed by atoms with Gasteiger partial charge in [-0.15, -0.1) is 0 Å². The molecule has 0 saturated carbocycles. The highest BCUT2D eigenvalue weighted by molar-refractivity contribution is 6.58. The summed E-state index contributed by atoms with van der Waals surface area (Å²) in [5.74, 6) is 0. The van der Waals surface area contributed by atoms with Gasteiger partial charge in [0.05, 0.1) is 0 Å². The first-order valence-corrected chi connectivity index (χ1v) is 8.94. The maximum Gasteiger partial charge on any atom is 0.488 e. The lowest BCUT2D eigenvalue weighted by atomic mass is 9.80. The molecule has 27 heavy (non-hydrogen) atoms. The number of nitrogens with two attached hydrogens (primary N) is 1. The van der Waals surface area contributed by atoms with Crippen LogP contribution in [0.15, 0.2) is 48.5 Å². The Bertz CT molecular complexity index is 708. The molecule has 2 aromatic rings. The van der Waals surface area contributed by atoms with Crippen LogP contribution >= 0.6 is 0 Å². The van der Waals surface area contributed by atoms with Crippen molar-refractivity contribution in [2.24, 2.45) is 5.73 Å². The Hall–Kier alpha value is -2.39. The molecule has 0 aromatic heterocycles. The van der Waals surface area contributed by atoms with Gasteiger partial charge in [0.25, 0.3) is 0 Å². The van der Waals surface area contributed by atoms with Crippen LogP contribution in [0.3, 0.4) is 0 Å². The van der Waals surface area contributed by atoms with Crippen LogP contribution in [-0.4, -0.2) is 46.4 Å². The lowest BCUT2D eigenvalue weighted by Gasteiger charge is -2.23. The second-order valence-corrected chi connectivity index (χ2v) is 6.30. The van der Waals surface area contributed by atoms with Crippen molar-refractivity contribution in [3.8, 4) is 0 Å². The summed E-state index contributed by atoms with van der Waals surface area (Å²) >= 11 is 0. The van der Waals surface area contributed by atoms with E-state index < -0.39 is 7.12 Å². The molecule has 0 saturated heterocycles. The Kier molecular flexibility index (Phi) is 8.28. The quantitative estimate of drug-likeness (QED) is 0.327. The van der Waals surface area contributed by atoms with Crippen molar-refractivity contribution in [3.63, 3.8) is 0 Å². The molecule has 0 aliphatic carbocycles. The molecule has 144 valence electrons. The molecule has 0 unspecified atom stereocenters. The van der Waals surface area contributed by atoms with Gasteiger partial charge < -0.3 is 31.1 Å². The lowest BCUT2D eigenvalue weighted by Crippen LogP contribution is -2.35. The topological polar surface area (TPSA) is 119 Å². The van der Waals surface area contributed by atoms with Crippen molar-refractivity contribution < 1.29 is 19.9 Å². The fraction of sp³-hybridized carbons (Fsp3) is 0.316. The average molecular weight is 371 g/mol. The largest absolute Gasteiger partial charge is 0.488 e. The van der Waals surface area contributed by atoms with Crippen molar-refractivity contribution in [1.29, 1.82) is 0 Å². The van der Waals surface area contributed by atoms with Gasteiger partial charge in [0.1, 0.15) is 0 Å². The van der Waals surface area contributed by atoms with E-state index in [9.17, 15) is 14.8 Å². The van der Waals surface area contributed by atoms with Crippen molar-refractivity contribution >= 4 is 24.3 Å². The van der Waals surface area contributed by atoms with Gasteiger partial charge in [0.2, 0.25) is 0 Å². The molecule has 0 aliphatic rings. The van der Waals surface area contributed by atoms with E-state index >= 15 is 0 Å². The second-order valence-electron chi connectivity index (χ2n) is 6.30. The van der Waals surface area contributed by atoms with E-state index in [1.165, 1.54) is 0 Å². The zero-order valence-electron chi connectivity index (χ0n) is 15.2. The number of urea groups is 1. The molecule has 0 heterocycles. The van der Waals surface area contributed by atoms with E-state index in [-0.39, 0.29) is 12.6 Å². The van der Waals surface area contributed by atoms with Gasteiger partial charge in [-0.1, -0.05) is 36.4 Å².